The average molecular weight is 294 g/mol. The lowest BCUT2D eigenvalue weighted by atomic mass is 10.2. The van der Waals surface area contributed by atoms with Crippen molar-refractivity contribution in [1.82, 2.24) is 0 Å². The number of hydrogen-bond acceptors (Lipinski definition) is 3. The molecule has 5 heteroatoms. The molecule has 1 amide bonds. The van der Waals surface area contributed by atoms with Gasteiger partial charge in [0.1, 0.15) is 5.75 Å². The molecule has 0 aromatic heterocycles. The molecule has 2 aromatic rings. The van der Waals surface area contributed by atoms with E-state index in [-0.39, 0.29) is 5.91 Å². The minimum absolute atomic E-state index is 0.244. The summed E-state index contributed by atoms with van der Waals surface area (Å²) in [6.45, 7) is 0. The van der Waals surface area contributed by atoms with Crippen molar-refractivity contribution >= 4 is 35.8 Å². The van der Waals surface area contributed by atoms with Crippen LogP contribution >= 0.6 is 24.2 Å². The molecule has 0 unspecified atom stereocenters. The summed E-state index contributed by atoms with van der Waals surface area (Å²) in [6.07, 6.45) is 0. The monoisotopic (exact) mass is 293 g/mol. The van der Waals surface area contributed by atoms with Gasteiger partial charge in [0.05, 0.1) is 17.8 Å². The van der Waals surface area contributed by atoms with Crippen molar-refractivity contribution < 1.29 is 9.53 Å². The highest BCUT2D eigenvalue weighted by Gasteiger charge is 2.10. The van der Waals surface area contributed by atoms with Crippen LogP contribution in [0, 0.1) is 0 Å². The number of amides is 1. The van der Waals surface area contributed by atoms with Crippen molar-refractivity contribution in [2.75, 3.05) is 12.4 Å². The highest BCUT2D eigenvalue weighted by atomic mass is 35.5. The molecule has 0 saturated carbocycles. The third-order valence-electron chi connectivity index (χ3n) is 2.57. The number of methoxy groups -OCH3 is 1. The van der Waals surface area contributed by atoms with Crippen molar-refractivity contribution in [1.29, 1.82) is 0 Å². The molecule has 2 rings (SSSR count). The molecule has 0 spiro atoms. The quantitative estimate of drug-likeness (QED) is 0.843. The van der Waals surface area contributed by atoms with Crippen molar-refractivity contribution in [3.05, 3.63) is 53.1 Å². The Hall–Kier alpha value is -1.65. The van der Waals surface area contributed by atoms with Crippen LogP contribution < -0.4 is 10.1 Å². The molecular formula is C14H12ClNO2S. The zero-order valence-electron chi connectivity index (χ0n) is 10.2. The molecule has 0 radical (unpaired) electrons. The van der Waals surface area contributed by atoms with Crippen molar-refractivity contribution in [2.24, 2.45) is 0 Å². The largest absolute Gasteiger partial charge is 0.495 e. The predicted molar refractivity (Wildman–Crippen MR) is 79.7 cm³/mol. The minimum Gasteiger partial charge on any atom is -0.495 e. The molecule has 0 aliphatic carbocycles. The Labute approximate surface area is 122 Å². The Kier molecular flexibility index (Phi) is 4.35. The smallest absolute Gasteiger partial charge is 0.255 e. The normalized spacial score (nSPS) is 10.1. The number of nitrogens with one attached hydrogen (secondary N) is 1. The second-order valence-corrected chi connectivity index (χ2v) is 4.71. The Balaban J connectivity index is 2.21. The van der Waals surface area contributed by atoms with E-state index in [2.05, 4.69) is 17.9 Å². The summed E-state index contributed by atoms with van der Waals surface area (Å²) in [5.41, 5.74) is 1.12. The van der Waals surface area contributed by atoms with Gasteiger partial charge in [0.15, 0.2) is 0 Å². The number of hydrogen-bond donors (Lipinski definition) is 2. The molecule has 0 fully saturated rings. The number of carbonyl (C=O) groups is 1. The van der Waals surface area contributed by atoms with Crippen LogP contribution in [0.5, 0.6) is 5.75 Å². The molecule has 0 aliphatic rings. The van der Waals surface area contributed by atoms with Crippen molar-refractivity contribution in [2.45, 2.75) is 4.90 Å². The first-order chi connectivity index (χ1) is 9.11. The summed E-state index contributed by atoms with van der Waals surface area (Å²) >= 11 is 10.3. The van der Waals surface area contributed by atoms with E-state index in [0.717, 1.165) is 0 Å². The lowest BCUT2D eigenvalue weighted by Crippen LogP contribution is -2.12. The van der Waals surface area contributed by atoms with E-state index in [9.17, 15) is 4.79 Å². The number of rotatable bonds is 3. The van der Waals surface area contributed by atoms with Gasteiger partial charge < -0.3 is 10.1 Å². The molecule has 0 atom stereocenters. The average Bonchev–Trinajstić information content (AvgIpc) is 2.41. The van der Waals surface area contributed by atoms with Gasteiger partial charge in [0.2, 0.25) is 0 Å². The Morgan fingerprint density at radius 1 is 1.26 bits per heavy atom. The van der Waals surface area contributed by atoms with E-state index in [1.54, 1.807) is 30.3 Å². The van der Waals surface area contributed by atoms with E-state index in [0.29, 0.717) is 26.9 Å². The van der Waals surface area contributed by atoms with Crippen molar-refractivity contribution in [3.63, 3.8) is 0 Å². The fraction of sp³-hybridized carbons (Fsp3) is 0.0714. The highest BCUT2D eigenvalue weighted by Crippen LogP contribution is 2.26. The number of benzene rings is 2. The van der Waals surface area contributed by atoms with E-state index in [1.807, 2.05) is 12.1 Å². The minimum atomic E-state index is -0.244. The van der Waals surface area contributed by atoms with Gasteiger partial charge in [-0.2, -0.15) is 0 Å². The lowest BCUT2D eigenvalue weighted by Gasteiger charge is -2.09. The Morgan fingerprint density at radius 3 is 2.63 bits per heavy atom. The molecule has 0 saturated heterocycles. The van der Waals surface area contributed by atoms with Crippen LogP contribution in [0.25, 0.3) is 0 Å². The van der Waals surface area contributed by atoms with Crippen LogP contribution in [0.3, 0.4) is 0 Å². The second-order valence-electron chi connectivity index (χ2n) is 3.82. The zero-order valence-corrected chi connectivity index (χ0v) is 11.8. The molecule has 3 nitrogen and oxygen atoms in total. The topological polar surface area (TPSA) is 38.3 Å². The van der Waals surface area contributed by atoms with E-state index in [4.69, 9.17) is 16.3 Å². The van der Waals surface area contributed by atoms with Crippen molar-refractivity contribution in [3.8, 4) is 5.75 Å². The number of carbonyl (C=O) groups excluding carboxylic acids is 1. The summed E-state index contributed by atoms with van der Waals surface area (Å²) in [6, 6.07) is 12.1. The van der Waals surface area contributed by atoms with Crippen LogP contribution in [0.4, 0.5) is 5.69 Å². The highest BCUT2D eigenvalue weighted by molar-refractivity contribution is 7.80. The van der Waals surface area contributed by atoms with E-state index in [1.165, 1.54) is 7.11 Å². The first kappa shape index (κ1) is 13.8. The molecule has 2 aromatic carbocycles. The summed E-state index contributed by atoms with van der Waals surface area (Å²) in [5, 5.41) is 3.17. The summed E-state index contributed by atoms with van der Waals surface area (Å²) in [7, 11) is 1.53. The van der Waals surface area contributed by atoms with Crippen LogP contribution in [0.15, 0.2) is 47.4 Å². The summed E-state index contributed by atoms with van der Waals surface area (Å²) < 4.78 is 5.04. The van der Waals surface area contributed by atoms with Gasteiger partial charge in [-0.15, -0.1) is 12.6 Å². The first-order valence-electron chi connectivity index (χ1n) is 5.54. The van der Waals surface area contributed by atoms with Crippen LogP contribution in [0.2, 0.25) is 5.02 Å². The molecule has 0 aliphatic heterocycles. The molecule has 19 heavy (non-hydrogen) atoms. The Morgan fingerprint density at radius 2 is 2.00 bits per heavy atom. The predicted octanol–water partition coefficient (Wildman–Crippen LogP) is 3.89. The van der Waals surface area contributed by atoms with Gasteiger partial charge in [-0.3, -0.25) is 4.79 Å². The third kappa shape index (κ3) is 3.22. The van der Waals surface area contributed by atoms with Gasteiger partial charge in [0, 0.05) is 10.5 Å². The molecule has 1 N–H and O–H groups in total. The number of anilines is 1. The third-order valence-corrected chi connectivity index (χ3v) is 3.25. The SMILES string of the molecule is COc1ccc(C(=O)Nc2ccccc2S)cc1Cl. The second kappa shape index (κ2) is 5.99. The van der Waals surface area contributed by atoms with E-state index < -0.39 is 0 Å². The van der Waals surface area contributed by atoms with Gasteiger partial charge in [-0.05, 0) is 30.3 Å². The van der Waals surface area contributed by atoms with Crippen LogP contribution in [0.1, 0.15) is 10.4 Å². The number of para-hydroxylation sites is 1. The maximum absolute atomic E-state index is 12.1. The summed E-state index contributed by atoms with van der Waals surface area (Å²) in [5.74, 6) is 0.291. The van der Waals surface area contributed by atoms with Crippen LogP contribution in [-0.4, -0.2) is 13.0 Å². The Bertz CT molecular complexity index is 616. The van der Waals surface area contributed by atoms with Crippen LogP contribution in [-0.2, 0) is 0 Å². The number of thiol groups is 1. The fourth-order valence-corrected chi connectivity index (χ4v) is 2.06. The molecule has 98 valence electrons. The van der Waals surface area contributed by atoms with Gasteiger partial charge >= 0.3 is 0 Å². The molecule has 0 bridgehead atoms. The first-order valence-corrected chi connectivity index (χ1v) is 6.37. The van der Waals surface area contributed by atoms with Gasteiger partial charge in [0.25, 0.3) is 5.91 Å². The zero-order chi connectivity index (χ0) is 13.8. The maximum atomic E-state index is 12.1. The standard InChI is InChI=1S/C14H12ClNO2S/c1-18-12-7-6-9(8-10(12)15)14(17)16-11-4-2-3-5-13(11)19/h2-8,19H,1H3,(H,16,17). The van der Waals surface area contributed by atoms with E-state index >= 15 is 0 Å². The maximum Gasteiger partial charge on any atom is 0.255 e. The molecular weight excluding hydrogens is 282 g/mol. The fourth-order valence-electron chi connectivity index (χ4n) is 1.58. The summed E-state index contributed by atoms with van der Waals surface area (Å²) in [4.78, 5) is 12.8. The lowest BCUT2D eigenvalue weighted by molar-refractivity contribution is 0.102. The number of halogens is 1. The molecule has 0 heterocycles. The number of ether oxygens (including phenoxy) is 1. The van der Waals surface area contributed by atoms with Gasteiger partial charge in [-0.1, -0.05) is 23.7 Å². The van der Waals surface area contributed by atoms with Gasteiger partial charge in [-0.25, -0.2) is 0 Å².